The number of sulfonamides is 1. The third-order valence-corrected chi connectivity index (χ3v) is 9.21. The molecule has 3 aromatic carbocycles. The molecule has 0 aromatic heterocycles. The van der Waals surface area contributed by atoms with Gasteiger partial charge >= 0.3 is 12.1 Å². The first-order valence-electron chi connectivity index (χ1n) is 13.1. The van der Waals surface area contributed by atoms with Gasteiger partial charge in [0.05, 0.1) is 29.8 Å². The van der Waals surface area contributed by atoms with E-state index in [2.05, 4.69) is 4.90 Å². The van der Waals surface area contributed by atoms with Gasteiger partial charge in [-0.2, -0.15) is 13.2 Å². The number of methoxy groups -OCH3 is 1. The first kappa shape index (κ1) is 28.6. The predicted octanol–water partition coefficient (Wildman–Crippen LogP) is 5.53. The number of aliphatic carboxylic acids is 1. The van der Waals surface area contributed by atoms with E-state index in [0.717, 1.165) is 45.9 Å². The Hall–Kier alpha value is -3.93. The molecule has 41 heavy (non-hydrogen) atoms. The van der Waals surface area contributed by atoms with Crippen LogP contribution in [0.15, 0.2) is 71.6 Å². The molecule has 12 heteroatoms. The van der Waals surface area contributed by atoms with Gasteiger partial charge in [0, 0.05) is 31.1 Å². The number of ether oxygens (including phenoxy) is 2. The van der Waals surface area contributed by atoms with E-state index in [9.17, 15) is 26.4 Å². The SMILES string of the molecule is COc1ccccc1C1CCN(c2ccc3c(c2)N(S(=O)(=O)c2cccc(C(F)(F)F)c2)CC(CCC(=O)O)O3)C1. The number of para-hydroxylation sites is 1. The summed E-state index contributed by atoms with van der Waals surface area (Å²) < 4.78 is 80.4. The highest BCUT2D eigenvalue weighted by molar-refractivity contribution is 7.92. The molecular formula is C29H29F3N2O6S. The van der Waals surface area contributed by atoms with E-state index < -0.39 is 38.7 Å². The highest BCUT2D eigenvalue weighted by Gasteiger charge is 2.38. The number of anilines is 2. The van der Waals surface area contributed by atoms with Crippen LogP contribution in [0.1, 0.15) is 36.3 Å². The Bertz CT molecular complexity index is 1550. The Labute approximate surface area is 236 Å². The monoisotopic (exact) mass is 590 g/mol. The highest BCUT2D eigenvalue weighted by Crippen LogP contribution is 2.43. The molecular weight excluding hydrogens is 561 g/mol. The lowest BCUT2D eigenvalue weighted by atomic mass is 9.97. The van der Waals surface area contributed by atoms with Crippen molar-refractivity contribution in [1.29, 1.82) is 0 Å². The smallest absolute Gasteiger partial charge is 0.416 e. The minimum atomic E-state index is -4.72. The van der Waals surface area contributed by atoms with Gasteiger partial charge in [0.25, 0.3) is 10.0 Å². The summed E-state index contributed by atoms with van der Waals surface area (Å²) in [4.78, 5) is 12.8. The Morgan fingerprint density at radius 2 is 1.85 bits per heavy atom. The molecule has 0 aliphatic carbocycles. The van der Waals surface area contributed by atoms with Crippen LogP contribution in [-0.2, 0) is 21.0 Å². The van der Waals surface area contributed by atoms with Crippen LogP contribution in [0, 0.1) is 0 Å². The summed E-state index contributed by atoms with van der Waals surface area (Å²) in [5.74, 6) is 0.125. The summed E-state index contributed by atoms with van der Waals surface area (Å²) in [5, 5.41) is 9.14. The van der Waals surface area contributed by atoms with Gasteiger partial charge in [-0.3, -0.25) is 9.10 Å². The van der Waals surface area contributed by atoms with Crippen LogP contribution in [-0.4, -0.2) is 52.3 Å². The molecule has 0 amide bonds. The lowest BCUT2D eigenvalue weighted by Gasteiger charge is -2.36. The first-order chi connectivity index (χ1) is 19.5. The molecule has 2 atom stereocenters. The maximum absolute atomic E-state index is 13.8. The number of rotatable bonds is 8. The third-order valence-electron chi connectivity index (χ3n) is 7.44. The van der Waals surface area contributed by atoms with Crippen LogP contribution in [0.3, 0.4) is 0 Å². The number of hydrogen-bond acceptors (Lipinski definition) is 6. The fourth-order valence-electron chi connectivity index (χ4n) is 5.37. The van der Waals surface area contributed by atoms with Crippen molar-refractivity contribution in [3.8, 4) is 11.5 Å². The standard InChI is InChI=1S/C29H29F3N2O6S/c1-39-26-8-3-2-7-24(26)19-13-14-33(17-19)21-9-11-27-25(16-21)34(18-22(40-27)10-12-28(35)36)41(37,38)23-6-4-5-20(15-23)29(30,31)32/h2-9,11,15-16,19,22H,10,12-14,17-18H2,1H3,(H,35,36). The quantitative estimate of drug-likeness (QED) is 0.369. The fraction of sp³-hybridized carbons (Fsp3) is 0.345. The predicted molar refractivity (Wildman–Crippen MR) is 146 cm³/mol. The van der Waals surface area contributed by atoms with Gasteiger partial charge in [0.2, 0.25) is 0 Å². The highest BCUT2D eigenvalue weighted by atomic mass is 32.2. The van der Waals surface area contributed by atoms with Crippen molar-refractivity contribution in [3.05, 3.63) is 77.9 Å². The third kappa shape index (κ3) is 5.92. The van der Waals surface area contributed by atoms with Crippen molar-refractivity contribution in [2.75, 3.05) is 35.9 Å². The van der Waals surface area contributed by atoms with Crippen LogP contribution in [0.4, 0.5) is 24.5 Å². The molecule has 1 fully saturated rings. The Morgan fingerprint density at radius 3 is 2.59 bits per heavy atom. The summed E-state index contributed by atoms with van der Waals surface area (Å²) >= 11 is 0. The normalized spacial score (nSPS) is 19.0. The minimum Gasteiger partial charge on any atom is -0.496 e. The number of benzene rings is 3. The number of carbonyl (C=O) groups is 1. The van der Waals surface area contributed by atoms with E-state index in [4.69, 9.17) is 14.6 Å². The Morgan fingerprint density at radius 1 is 1.07 bits per heavy atom. The van der Waals surface area contributed by atoms with E-state index in [0.29, 0.717) is 19.2 Å². The van der Waals surface area contributed by atoms with Crippen molar-refractivity contribution in [3.63, 3.8) is 0 Å². The second-order valence-corrected chi connectivity index (χ2v) is 11.9. The van der Waals surface area contributed by atoms with Gasteiger partial charge in [-0.1, -0.05) is 24.3 Å². The lowest BCUT2D eigenvalue weighted by molar-refractivity contribution is -0.138. The summed E-state index contributed by atoms with van der Waals surface area (Å²) in [7, 11) is -2.84. The number of alkyl halides is 3. The van der Waals surface area contributed by atoms with Crippen LogP contribution in [0.5, 0.6) is 11.5 Å². The molecule has 5 rings (SSSR count). The summed E-state index contributed by atoms with van der Waals surface area (Å²) in [6.45, 7) is 1.11. The van der Waals surface area contributed by atoms with Crippen molar-refractivity contribution in [1.82, 2.24) is 0 Å². The number of carboxylic acid groups (broad SMARTS) is 1. The molecule has 8 nitrogen and oxygen atoms in total. The van der Waals surface area contributed by atoms with Crippen molar-refractivity contribution in [2.24, 2.45) is 0 Å². The van der Waals surface area contributed by atoms with Crippen LogP contribution >= 0.6 is 0 Å². The van der Waals surface area contributed by atoms with E-state index >= 15 is 0 Å². The summed E-state index contributed by atoms with van der Waals surface area (Å²) in [6.07, 6.45) is -4.91. The average molecular weight is 591 g/mol. The zero-order valence-electron chi connectivity index (χ0n) is 22.2. The molecule has 2 aliphatic heterocycles. The minimum absolute atomic E-state index is 0.0256. The van der Waals surface area contributed by atoms with Gasteiger partial charge in [-0.15, -0.1) is 0 Å². The second-order valence-electron chi connectivity index (χ2n) is 10.1. The number of fused-ring (bicyclic) bond motifs is 1. The topological polar surface area (TPSA) is 96.4 Å². The Kier molecular flexibility index (Phi) is 7.78. The Balaban J connectivity index is 1.49. The van der Waals surface area contributed by atoms with Gasteiger partial charge < -0.3 is 19.5 Å². The van der Waals surface area contributed by atoms with E-state index in [1.165, 1.54) is 0 Å². The van der Waals surface area contributed by atoms with Crippen LogP contribution in [0.25, 0.3) is 0 Å². The molecule has 1 N–H and O–H groups in total. The zero-order chi connectivity index (χ0) is 29.4. The number of hydrogen-bond donors (Lipinski definition) is 1. The van der Waals surface area contributed by atoms with Crippen LogP contribution < -0.4 is 18.7 Å². The zero-order valence-corrected chi connectivity index (χ0v) is 23.0. The molecule has 0 bridgehead atoms. The van der Waals surface area contributed by atoms with Crippen molar-refractivity contribution < 1.29 is 41.0 Å². The molecule has 2 aliphatic rings. The van der Waals surface area contributed by atoms with Gasteiger partial charge in [0.1, 0.15) is 17.6 Å². The number of carboxylic acids is 1. The average Bonchev–Trinajstić information content (AvgIpc) is 3.45. The lowest BCUT2D eigenvalue weighted by Crippen LogP contribution is -2.43. The van der Waals surface area contributed by atoms with E-state index in [1.54, 1.807) is 25.3 Å². The molecule has 2 unspecified atom stereocenters. The van der Waals surface area contributed by atoms with Gasteiger partial charge in [0.15, 0.2) is 0 Å². The van der Waals surface area contributed by atoms with Crippen LogP contribution in [0.2, 0.25) is 0 Å². The molecule has 3 aromatic rings. The molecule has 1 saturated heterocycles. The molecule has 0 spiro atoms. The molecule has 218 valence electrons. The molecule has 0 saturated carbocycles. The largest absolute Gasteiger partial charge is 0.496 e. The number of nitrogens with zero attached hydrogens (tertiary/aromatic N) is 2. The van der Waals surface area contributed by atoms with Gasteiger partial charge in [-0.25, -0.2) is 8.42 Å². The van der Waals surface area contributed by atoms with E-state index in [1.807, 2.05) is 24.3 Å². The van der Waals surface area contributed by atoms with Crippen molar-refractivity contribution >= 4 is 27.4 Å². The molecule has 2 heterocycles. The van der Waals surface area contributed by atoms with Crippen molar-refractivity contribution in [2.45, 2.75) is 42.4 Å². The maximum atomic E-state index is 13.8. The van der Waals surface area contributed by atoms with E-state index in [-0.39, 0.29) is 36.7 Å². The summed E-state index contributed by atoms with van der Waals surface area (Å²) in [5.41, 5.74) is 0.918. The second kappa shape index (κ2) is 11.2. The molecule has 0 radical (unpaired) electrons. The van der Waals surface area contributed by atoms with Gasteiger partial charge in [-0.05, 0) is 60.9 Å². The maximum Gasteiger partial charge on any atom is 0.416 e. The fourth-order valence-corrected chi connectivity index (χ4v) is 6.92. The summed E-state index contributed by atoms with van der Waals surface area (Å²) in [6, 6.07) is 16.5. The number of halogens is 3. The first-order valence-corrected chi connectivity index (χ1v) is 14.5.